The van der Waals surface area contributed by atoms with Crippen LogP contribution in [0.2, 0.25) is 0 Å². The summed E-state index contributed by atoms with van der Waals surface area (Å²) in [6.07, 6.45) is 5.44. The van der Waals surface area contributed by atoms with Gasteiger partial charge in [-0.2, -0.15) is 5.26 Å². The Balaban J connectivity index is 1.85. The molecule has 0 spiro atoms. The Labute approximate surface area is 103 Å². The Morgan fingerprint density at radius 1 is 1.35 bits per heavy atom. The predicted octanol–water partition coefficient (Wildman–Crippen LogP) is 1.23. The molecular formula is C13H21N3O. The lowest BCUT2D eigenvalue weighted by Crippen LogP contribution is -2.42. The molecule has 1 heterocycles. The fourth-order valence-corrected chi connectivity index (χ4v) is 3.02. The Kier molecular flexibility index (Phi) is 4.01. The second-order valence-corrected chi connectivity index (χ2v) is 5.24. The van der Waals surface area contributed by atoms with Crippen molar-refractivity contribution in [2.24, 2.45) is 5.92 Å². The summed E-state index contributed by atoms with van der Waals surface area (Å²) in [4.78, 5) is 16.0. The molecule has 1 saturated carbocycles. The van der Waals surface area contributed by atoms with Gasteiger partial charge >= 0.3 is 0 Å². The van der Waals surface area contributed by atoms with Crippen molar-refractivity contribution in [1.82, 2.24) is 9.80 Å². The van der Waals surface area contributed by atoms with Crippen LogP contribution in [-0.4, -0.2) is 48.4 Å². The van der Waals surface area contributed by atoms with Crippen molar-refractivity contribution in [1.29, 1.82) is 5.26 Å². The van der Waals surface area contributed by atoms with Crippen molar-refractivity contribution in [3.05, 3.63) is 0 Å². The molecule has 0 N–H and O–H groups in total. The summed E-state index contributed by atoms with van der Waals surface area (Å²) in [5, 5.41) is 9.06. The number of amides is 1. The molecule has 1 aliphatic carbocycles. The maximum Gasteiger partial charge on any atom is 0.236 e. The van der Waals surface area contributed by atoms with Crippen LogP contribution in [0.3, 0.4) is 0 Å². The van der Waals surface area contributed by atoms with E-state index in [2.05, 4.69) is 11.0 Å². The van der Waals surface area contributed by atoms with Gasteiger partial charge in [0.05, 0.1) is 18.5 Å². The van der Waals surface area contributed by atoms with Gasteiger partial charge in [-0.3, -0.25) is 9.69 Å². The second kappa shape index (κ2) is 5.50. The third-order valence-corrected chi connectivity index (χ3v) is 4.05. The standard InChI is InChI=1S/C13H21N3O/c1-15(12-6-4-5-11(12)9-14)10-13(17)16-7-2-3-8-16/h11-12H,2-8,10H2,1H3. The van der Waals surface area contributed by atoms with Gasteiger partial charge in [0.2, 0.25) is 5.91 Å². The highest BCUT2D eigenvalue weighted by Crippen LogP contribution is 2.28. The quantitative estimate of drug-likeness (QED) is 0.739. The lowest BCUT2D eigenvalue weighted by Gasteiger charge is -2.27. The molecule has 2 rings (SSSR count). The first kappa shape index (κ1) is 12.4. The molecule has 2 aliphatic rings. The van der Waals surface area contributed by atoms with E-state index in [9.17, 15) is 4.79 Å². The zero-order valence-corrected chi connectivity index (χ0v) is 10.6. The number of rotatable bonds is 3. The molecule has 17 heavy (non-hydrogen) atoms. The Morgan fingerprint density at radius 3 is 2.71 bits per heavy atom. The first-order chi connectivity index (χ1) is 8.22. The molecule has 4 nitrogen and oxygen atoms in total. The minimum absolute atomic E-state index is 0.117. The van der Waals surface area contributed by atoms with Crippen LogP contribution < -0.4 is 0 Å². The van der Waals surface area contributed by atoms with Gasteiger partial charge < -0.3 is 4.90 Å². The van der Waals surface area contributed by atoms with Crippen LogP contribution in [0, 0.1) is 17.2 Å². The van der Waals surface area contributed by atoms with E-state index in [0.717, 1.165) is 45.2 Å². The summed E-state index contributed by atoms with van der Waals surface area (Å²) in [6, 6.07) is 2.65. The van der Waals surface area contributed by atoms with Gasteiger partial charge in [0.15, 0.2) is 0 Å². The van der Waals surface area contributed by atoms with Crippen LogP contribution in [0.15, 0.2) is 0 Å². The molecule has 0 aromatic heterocycles. The van der Waals surface area contributed by atoms with Crippen molar-refractivity contribution >= 4 is 5.91 Å². The van der Waals surface area contributed by atoms with Crippen LogP contribution in [0.1, 0.15) is 32.1 Å². The van der Waals surface area contributed by atoms with Crippen molar-refractivity contribution in [2.75, 3.05) is 26.7 Å². The number of likely N-dealkylation sites (N-methyl/N-ethyl adjacent to an activating group) is 1. The lowest BCUT2D eigenvalue weighted by molar-refractivity contribution is -0.131. The minimum Gasteiger partial charge on any atom is -0.342 e. The van der Waals surface area contributed by atoms with Crippen LogP contribution in [-0.2, 0) is 4.79 Å². The van der Waals surface area contributed by atoms with Crippen LogP contribution in [0.5, 0.6) is 0 Å². The number of hydrogen-bond donors (Lipinski definition) is 0. The van der Waals surface area contributed by atoms with Crippen LogP contribution in [0.4, 0.5) is 0 Å². The molecule has 0 aromatic rings. The third kappa shape index (κ3) is 2.78. The fourth-order valence-electron chi connectivity index (χ4n) is 3.02. The lowest BCUT2D eigenvalue weighted by atomic mass is 10.0. The van der Waals surface area contributed by atoms with Crippen molar-refractivity contribution < 1.29 is 4.79 Å². The van der Waals surface area contributed by atoms with Gasteiger partial charge in [-0.15, -0.1) is 0 Å². The van der Waals surface area contributed by atoms with Crippen LogP contribution in [0.25, 0.3) is 0 Å². The van der Waals surface area contributed by atoms with Gasteiger partial charge in [-0.1, -0.05) is 6.42 Å². The fraction of sp³-hybridized carbons (Fsp3) is 0.846. The molecular weight excluding hydrogens is 214 g/mol. The number of nitriles is 1. The monoisotopic (exact) mass is 235 g/mol. The SMILES string of the molecule is CN(CC(=O)N1CCCC1)C1CCCC1C#N. The Hall–Kier alpha value is -1.08. The third-order valence-electron chi connectivity index (χ3n) is 4.05. The van der Waals surface area contributed by atoms with E-state index >= 15 is 0 Å². The molecule has 0 aromatic carbocycles. The summed E-state index contributed by atoms with van der Waals surface area (Å²) >= 11 is 0. The van der Waals surface area contributed by atoms with E-state index in [4.69, 9.17) is 5.26 Å². The van der Waals surface area contributed by atoms with Gasteiger partial charge in [0.25, 0.3) is 0 Å². The highest BCUT2D eigenvalue weighted by molar-refractivity contribution is 5.78. The summed E-state index contributed by atoms with van der Waals surface area (Å²) in [7, 11) is 1.98. The number of likely N-dealkylation sites (tertiary alicyclic amines) is 1. The Bertz CT molecular complexity index is 317. The molecule has 2 fully saturated rings. The van der Waals surface area contributed by atoms with Gasteiger partial charge in [0, 0.05) is 19.1 Å². The van der Waals surface area contributed by atoms with E-state index in [0.29, 0.717) is 6.54 Å². The molecule has 0 radical (unpaired) electrons. The number of hydrogen-bond acceptors (Lipinski definition) is 3. The zero-order chi connectivity index (χ0) is 12.3. The largest absolute Gasteiger partial charge is 0.342 e. The average molecular weight is 235 g/mol. The van der Waals surface area contributed by atoms with Crippen molar-refractivity contribution in [3.63, 3.8) is 0 Å². The number of nitrogens with zero attached hydrogens (tertiary/aromatic N) is 3. The highest BCUT2D eigenvalue weighted by Gasteiger charge is 2.32. The summed E-state index contributed by atoms with van der Waals surface area (Å²) in [5.41, 5.74) is 0. The molecule has 2 atom stereocenters. The van der Waals surface area contributed by atoms with Gasteiger partial charge in [-0.25, -0.2) is 0 Å². The van der Waals surface area contributed by atoms with E-state index in [1.165, 1.54) is 0 Å². The maximum atomic E-state index is 12.0. The topological polar surface area (TPSA) is 47.3 Å². The molecule has 94 valence electrons. The molecule has 0 bridgehead atoms. The first-order valence-corrected chi connectivity index (χ1v) is 6.60. The van der Waals surface area contributed by atoms with E-state index in [-0.39, 0.29) is 17.9 Å². The molecule has 4 heteroatoms. The molecule has 1 amide bonds. The highest BCUT2D eigenvalue weighted by atomic mass is 16.2. The first-order valence-electron chi connectivity index (χ1n) is 6.60. The number of carbonyl (C=O) groups is 1. The normalized spacial score (nSPS) is 28.6. The summed E-state index contributed by atoms with van der Waals surface area (Å²) in [5.74, 6) is 0.347. The summed E-state index contributed by atoms with van der Waals surface area (Å²) < 4.78 is 0. The van der Waals surface area contributed by atoms with Gasteiger partial charge in [0.1, 0.15) is 0 Å². The van der Waals surface area contributed by atoms with Crippen molar-refractivity contribution in [2.45, 2.75) is 38.1 Å². The van der Waals surface area contributed by atoms with Crippen LogP contribution >= 0.6 is 0 Å². The molecule has 1 aliphatic heterocycles. The zero-order valence-electron chi connectivity index (χ0n) is 10.6. The Morgan fingerprint density at radius 2 is 2.06 bits per heavy atom. The van der Waals surface area contributed by atoms with E-state index in [1.807, 2.05) is 11.9 Å². The van der Waals surface area contributed by atoms with E-state index < -0.39 is 0 Å². The minimum atomic E-state index is 0.117. The average Bonchev–Trinajstić information content (AvgIpc) is 2.99. The molecule has 1 saturated heterocycles. The van der Waals surface area contributed by atoms with Crippen molar-refractivity contribution in [3.8, 4) is 6.07 Å². The predicted molar refractivity (Wildman–Crippen MR) is 65.2 cm³/mol. The smallest absolute Gasteiger partial charge is 0.236 e. The van der Waals surface area contributed by atoms with Gasteiger partial charge in [-0.05, 0) is 32.7 Å². The van der Waals surface area contributed by atoms with E-state index in [1.54, 1.807) is 0 Å². The molecule has 2 unspecified atom stereocenters. The second-order valence-electron chi connectivity index (χ2n) is 5.24. The summed E-state index contributed by atoms with van der Waals surface area (Å²) in [6.45, 7) is 2.31. The number of carbonyl (C=O) groups excluding carboxylic acids is 1. The maximum absolute atomic E-state index is 12.0.